The second-order valence-electron chi connectivity index (χ2n) is 4.91. The Hall–Kier alpha value is -0.650. The predicted molar refractivity (Wildman–Crippen MR) is 68.0 cm³/mol. The maximum atomic E-state index is 11.0. The van der Waals surface area contributed by atoms with Crippen molar-refractivity contribution in [2.45, 2.75) is 51.7 Å². The highest BCUT2D eigenvalue weighted by Gasteiger charge is 2.32. The van der Waals surface area contributed by atoms with Crippen molar-refractivity contribution in [3.8, 4) is 0 Å². The summed E-state index contributed by atoms with van der Waals surface area (Å²) < 4.78 is 5.12. The first-order chi connectivity index (χ1) is 7.76. The lowest BCUT2D eigenvalue weighted by Gasteiger charge is -2.36. The highest BCUT2D eigenvalue weighted by molar-refractivity contribution is 5.77. The molecule has 0 aromatic rings. The molecule has 102 valence electrons. The number of likely N-dealkylation sites (N-methyl/N-ethyl adjacent to an activating group) is 1. The van der Waals surface area contributed by atoms with Crippen LogP contribution in [0.25, 0.3) is 0 Å². The molecule has 0 aliphatic carbocycles. The summed E-state index contributed by atoms with van der Waals surface area (Å²) in [6.45, 7) is 9.16. The molecule has 5 nitrogen and oxygen atoms in total. The maximum absolute atomic E-state index is 11.0. The number of rotatable bonds is 8. The maximum Gasteiger partial charge on any atom is 0.323 e. The van der Waals surface area contributed by atoms with Gasteiger partial charge in [-0.25, -0.2) is 0 Å². The Morgan fingerprint density at radius 3 is 2.35 bits per heavy atom. The zero-order valence-corrected chi connectivity index (χ0v) is 11.6. The van der Waals surface area contributed by atoms with Crippen molar-refractivity contribution in [3.05, 3.63) is 0 Å². The molecule has 0 aliphatic heterocycles. The van der Waals surface area contributed by atoms with Crippen LogP contribution >= 0.6 is 0 Å². The number of carbonyl (C=O) groups is 1. The third kappa shape index (κ3) is 5.02. The first kappa shape index (κ1) is 16.4. The summed E-state index contributed by atoms with van der Waals surface area (Å²) in [5.74, 6) is -0.959. The van der Waals surface area contributed by atoms with Gasteiger partial charge in [-0.15, -0.1) is 0 Å². The van der Waals surface area contributed by atoms with E-state index in [4.69, 9.17) is 15.6 Å². The van der Waals surface area contributed by atoms with Crippen molar-refractivity contribution in [3.63, 3.8) is 0 Å². The lowest BCUT2D eigenvalue weighted by Crippen LogP contribution is -2.52. The number of aliphatic carboxylic acids is 1. The van der Waals surface area contributed by atoms with E-state index in [1.165, 1.54) is 0 Å². The van der Waals surface area contributed by atoms with E-state index in [-0.39, 0.29) is 12.1 Å². The highest BCUT2D eigenvalue weighted by Crippen LogP contribution is 2.16. The first-order valence-corrected chi connectivity index (χ1v) is 6.03. The lowest BCUT2D eigenvalue weighted by molar-refractivity contribution is -0.143. The molecule has 0 heterocycles. The third-order valence-electron chi connectivity index (χ3n) is 3.11. The summed E-state index contributed by atoms with van der Waals surface area (Å²) >= 11 is 0. The van der Waals surface area contributed by atoms with Gasteiger partial charge < -0.3 is 15.6 Å². The number of methoxy groups -OCH3 is 1. The molecular formula is C12H26N2O3. The molecule has 0 aliphatic rings. The number of carboxylic acids is 1. The van der Waals surface area contributed by atoms with Gasteiger partial charge >= 0.3 is 5.97 Å². The van der Waals surface area contributed by atoms with Crippen molar-refractivity contribution in [1.29, 1.82) is 0 Å². The number of nitrogens with zero attached hydrogens (tertiary/aromatic N) is 1. The largest absolute Gasteiger partial charge is 0.480 e. The van der Waals surface area contributed by atoms with Crippen LogP contribution in [0.2, 0.25) is 0 Å². The Morgan fingerprint density at radius 1 is 1.47 bits per heavy atom. The Bertz CT molecular complexity index is 244. The summed E-state index contributed by atoms with van der Waals surface area (Å²) in [6.07, 6.45) is 0.421. The molecule has 0 aromatic carbocycles. The predicted octanol–water partition coefficient (Wildman–Crippen LogP) is 0.924. The SMILES string of the molecule is CCN(C(C)COC)C(C)CC(C)(N)C(=O)O. The molecule has 0 aromatic heterocycles. The zero-order chi connectivity index (χ0) is 13.6. The quantitative estimate of drug-likeness (QED) is 0.666. The van der Waals surface area contributed by atoms with Crippen LogP contribution < -0.4 is 5.73 Å². The fourth-order valence-corrected chi connectivity index (χ4v) is 2.21. The minimum Gasteiger partial charge on any atom is -0.480 e. The van der Waals surface area contributed by atoms with E-state index < -0.39 is 11.5 Å². The van der Waals surface area contributed by atoms with Crippen molar-refractivity contribution in [2.75, 3.05) is 20.3 Å². The van der Waals surface area contributed by atoms with Crippen LogP contribution in [-0.4, -0.2) is 53.9 Å². The molecule has 0 rings (SSSR count). The summed E-state index contributed by atoms with van der Waals surface area (Å²) in [5.41, 5.74) is 4.59. The van der Waals surface area contributed by atoms with Crippen LogP contribution in [0, 0.1) is 0 Å². The van der Waals surface area contributed by atoms with Crippen LogP contribution in [0.15, 0.2) is 0 Å². The molecule has 3 N–H and O–H groups in total. The van der Waals surface area contributed by atoms with Crippen LogP contribution in [-0.2, 0) is 9.53 Å². The molecule has 0 amide bonds. The fraction of sp³-hybridized carbons (Fsp3) is 0.917. The minimum absolute atomic E-state index is 0.108. The molecule has 0 fully saturated rings. The summed E-state index contributed by atoms with van der Waals surface area (Å²) in [6, 6.07) is 0.362. The fourth-order valence-electron chi connectivity index (χ4n) is 2.21. The number of nitrogens with two attached hydrogens (primary N) is 1. The molecule has 3 atom stereocenters. The smallest absolute Gasteiger partial charge is 0.323 e. The summed E-state index contributed by atoms with van der Waals surface area (Å²) in [7, 11) is 1.67. The van der Waals surface area contributed by atoms with E-state index in [0.717, 1.165) is 6.54 Å². The van der Waals surface area contributed by atoms with E-state index in [1.807, 2.05) is 6.92 Å². The molecule has 0 spiro atoms. The molecule has 0 radical (unpaired) electrons. The molecule has 5 heteroatoms. The van der Waals surface area contributed by atoms with Gasteiger partial charge in [-0.1, -0.05) is 6.92 Å². The van der Waals surface area contributed by atoms with Gasteiger partial charge in [0.1, 0.15) is 5.54 Å². The molecule has 3 unspecified atom stereocenters. The van der Waals surface area contributed by atoms with Gasteiger partial charge in [-0.3, -0.25) is 9.69 Å². The number of hydrogen-bond acceptors (Lipinski definition) is 4. The van der Waals surface area contributed by atoms with Gasteiger partial charge in [0.25, 0.3) is 0 Å². The van der Waals surface area contributed by atoms with Crippen LogP contribution in [0.5, 0.6) is 0 Å². The van der Waals surface area contributed by atoms with Gasteiger partial charge in [-0.05, 0) is 33.7 Å². The molecule has 0 bridgehead atoms. The molecule has 0 saturated carbocycles. The third-order valence-corrected chi connectivity index (χ3v) is 3.11. The number of ether oxygens (including phenoxy) is 1. The van der Waals surface area contributed by atoms with E-state index in [1.54, 1.807) is 14.0 Å². The van der Waals surface area contributed by atoms with Crippen LogP contribution in [0.4, 0.5) is 0 Å². The van der Waals surface area contributed by atoms with E-state index in [0.29, 0.717) is 13.0 Å². The van der Waals surface area contributed by atoms with Gasteiger partial charge in [0.15, 0.2) is 0 Å². The minimum atomic E-state index is -1.18. The second kappa shape index (κ2) is 6.93. The Kier molecular flexibility index (Phi) is 6.67. The van der Waals surface area contributed by atoms with Crippen LogP contribution in [0.1, 0.15) is 34.1 Å². The molecule has 0 saturated heterocycles. The normalized spacial score (nSPS) is 18.8. The van der Waals surface area contributed by atoms with Crippen LogP contribution in [0.3, 0.4) is 0 Å². The number of carboxylic acid groups (broad SMARTS) is 1. The average Bonchev–Trinajstić information content (AvgIpc) is 2.17. The molecular weight excluding hydrogens is 220 g/mol. The van der Waals surface area contributed by atoms with E-state index >= 15 is 0 Å². The monoisotopic (exact) mass is 246 g/mol. The topological polar surface area (TPSA) is 75.8 Å². The second-order valence-corrected chi connectivity index (χ2v) is 4.91. The standard InChI is InChI=1S/C12H26N2O3/c1-6-14(10(3)8-17-5)9(2)7-12(4,13)11(15)16/h9-10H,6-8,13H2,1-5H3,(H,15,16). The number of hydrogen-bond donors (Lipinski definition) is 2. The summed E-state index contributed by atoms with van der Waals surface area (Å²) in [5, 5.41) is 9.02. The van der Waals surface area contributed by atoms with E-state index in [9.17, 15) is 4.79 Å². The van der Waals surface area contributed by atoms with Gasteiger partial charge in [0.05, 0.1) is 6.61 Å². The van der Waals surface area contributed by atoms with Crippen molar-refractivity contribution in [2.24, 2.45) is 5.73 Å². The van der Waals surface area contributed by atoms with Gasteiger partial charge in [0, 0.05) is 19.2 Å². The van der Waals surface area contributed by atoms with Crippen molar-refractivity contribution >= 4 is 5.97 Å². The van der Waals surface area contributed by atoms with Crippen molar-refractivity contribution < 1.29 is 14.6 Å². The Balaban J connectivity index is 4.54. The average molecular weight is 246 g/mol. The van der Waals surface area contributed by atoms with Gasteiger partial charge in [0.2, 0.25) is 0 Å². The highest BCUT2D eigenvalue weighted by atomic mass is 16.5. The van der Waals surface area contributed by atoms with Crippen molar-refractivity contribution in [1.82, 2.24) is 4.90 Å². The van der Waals surface area contributed by atoms with Gasteiger partial charge in [-0.2, -0.15) is 0 Å². The summed E-state index contributed by atoms with van der Waals surface area (Å²) in [4.78, 5) is 13.2. The zero-order valence-electron chi connectivity index (χ0n) is 11.6. The Labute approximate surface area is 104 Å². The lowest BCUT2D eigenvalue weighted by atomic mass is 9.93. The Morgan fingerprint density at radius 2 is 2.00 bits per heavy atom. The van der Waals surface area contributed by atoms with E-state index in [2.05, 4.69) is 18.7 Å². The first-order valence-electron chi connectivity index (χ1n) is 6.03. The molecule has 17 heavy (non-hydrogen) atoms.